The van der Waals surface area contributed by atoms with Crippen LogP contribution >= 0.6 is 24.8 Å². The van der Waals surface area contributed by atoms with E-state index in [2.05, 4.69) is 17.3 Å². The SMILES string of the molecule is CN1CCN(C(=O)CCNC(=O)CC(N)c2ccccc2)CC1.Cl.Cl. The molecule has 2 amide bonds. The molecule has 1 aromatic rings. The van der Waals surface area contributed by atoms with Crippen LogP contribution in [0.3, 0.4) is 0 Å². The minimum Gasteiger partial charge on any atom is -0.356 e. The Labute approximate surface area is 161 Å². The van der Waals surface area contributed by atoms with Gasteiger partial charge in [-0.25, -0.2) is 0 Å². The molecule has 0 aliphatic carbocycles. The molecular weight excluding hydrogens is 363 g/mol. The summed E-state index contributed by atoms with van der Waals surface area (Å²) in [5, 5.41) is 2.79. The van der Waals surface area contributed by atoms with Crippen molar-refractivity contribution in [3.8, 4) is 0 Å². The van der Waals surface area contributed by atoms with E-state index in [0.717, 1.165) is 31.7 Å². The van der Waals surface area contributed by atoms with E-state index in [-0.39, 0.29) is 49.1 Å². The molecule has 25 heavy (non-hydrogen) atoms. The molecule has 1 aliphatic heterocycles. The van der Waals surface area contributed by atoms with E-state index < -0.39 is 0 Å². The molecule has 0 saturated carbocycles. The lowest BCUT2D eigenvalue weighted by molar-refractivity contribution is -0.132. The zero-order valence-electron chi connectivity index (χ0n) is 14.5. The predicted octanol–water partition coefficient (Wildman–Crippen LogP) is 1.20. The number of amides is 2. The Morgan fingerprint density at radius 1 is 1.12 bits per heavy atom. The van der Waals surface area contributed by atoms with Gasteiger partial charge >= 0.3 is 0 Å². The fourth-order valence-electron chi connectivity index (χ4n) is 2.61. The van der Waals surface area contributed by atoms with E-state index >= 15 is 0 Å². The summed E-state index contributed by atoms with van der Waals surface area (Å²) < 4.78 is 0. The zero-order valence-corrected chi connectivity index (χ0v) is 16.2. The molecule has 3 N–H and O–H groups in total. The van der Waals surface area contributed by atoms with Crippen molar-refractivity contribution >= 4 is 36.6 Å². The molecule has 6 nitrogen and oxygen atoms in total. The quantitative estimate of drug-likeness (QED) is 0.764. The predicted molar refractivity (Wildman–Crippen MR) is 104 cm³/mol. The van der Waals surface area contributed by atoms with Crippen LogP contribution in [0.5, 0.6) is 0 Å². The molecule has 1 fully saturated rings. The van der Waals surface area contributed by atoms with Gasteiger partial charge in [-0.05, 0) is 12.6 Å². The maximum atomic E-state index is 12.1. The summed E-state index contributed by atoms with van der Waals surface area (Å²) in [6.45, 7) is 3.71. The van der Waals surface area contributed by atoms with Crippen LogP contribution in [-0.2, 0) is 9.59 Å². The summed E-state index contributed by atoms with van der Waals surface area (Å²) in [4.78, 5) is 28.0. The van der Waals surface area contributed by atoms with Gasteiger partial charge in [-0.15, -0.1) is 24.8 Å². The summed E-state index contributed by atoms with van der Waals surface area (Å²) in [5.41, 5.74) is 6.96. The fourth-order valence-corrected chi connectivity index (χ4v) is 2.61. The highest BCUT2D eigenvalue weighted by Crippen LogP contribution is 2.12. The number of nitrogens with two attached hydrogens (primary N) is 1. The molecule has 0 radical (unpaired) electrons. The second-order valence-corrected chi connectivity index (χ2v) is 6.01. The third kappa shape index (κ3) is 8.05. The van der Waals surface area contributed by atoms with Gasteiger partial charge < -0.3 is 20.9 Å². The lowest BCUT2D eigenvalue weighted by Gasteiger charge is -2.32. The van der Waals surface area contributed by atoms with Gasteiger partial charge in [-0.3, -0.25) is 9.59 Å². The molecule has 1 atom stereocenters. The van der Waals surface area contributed by atoms with Crippen LogP contribution < -0.4 is 11.1 Å². The summed E-state index contributed by atoms with van der Waals surface area (Å²) in [7, 11) is 2.05. The summed E-state index contributed by atoms with van der Waals surface area (Å²) >= 11 is 0. The standard InChI is InChI=1S/C17H26N4O2.2ClH/c1-20-9-11-21(12-10-20)17(23)7-8-19-16(22)13-15(18)14-5-3-2-4-6-14;;/h2-6,15H,7-13,18H2,1H3,(H,19,22);2*1H. The summed E-state index contributed by atoms with van der Waals surface area (Å²) in [6.07, 6.45) is 0.572. The normalized spacial score (nSPS) is 15.5. The highest BCUT2D eigenvalue weighted by Gasteiger charge is 2.19. The van der Waals surface area contributed by atoms with Crippen LogP contribution in [0.25, 0.3) is 0 Å². The molecule has 142 valence electrons. The van der Waals surface area contributed by atoms with E-state index in [9.17, 15) is 9.59 Å². The van der Waals surface area contributed by atoms with Crippen molar-refractivity contribution in [2.45, 2.75) is 18.9 Å². The Hall–Kier alpha value is -1.34. The van der Waals surface area contributed by atoms with E-state index in [1.807, 2.05) is 35.2 Å². The number of carbonyl (C=O) groups is 2. The van der Waals surface area contributed by atoms with Crippen LogP contribution in [-0.4, -0.2) is 61.4 Å². The molecule has 1 heterocycles. The lowest BCUT2D eigenvalue weighted by Crippen LogP contribution is -2.47. The first-order valence-electron chi connectivity index (χ1n) is 8.10. The number of nitrogens with one attached hydrogen (secondary N) is 1. The number of nitrogens with zero attached hydrogens (tertiary/aromatic N) is 2. The Kier molecular flexibility index (Phi) is 11.4. The van der Waals surface area contributed by atoms with Gasteiger partial charge in [0, 0.05) is 51.6 Å². The minimum absolute atomic E-state index is 0. The van der Waals surface area contributed by atoms with Crippen molar-refractivity contribution in [3.63, 3.8) is 0 Å². The molecule has 1 aromatic carbocycles. The van der Waals surface area contributed by atoms with E-state index in [1.54, 1.807) is 0 Å². The molecular formula is C17H28Cl2N4O2. The summed E-state index contributed by atoms with van der Waals surface area (Å²) in [6, 6.07) is 9.23. The average molecular weight is 391 g/mol. The molecule has 2 rings (SSSR count). The van der Waals surface area contributed by atoms with Crippen molar-refractivity contribution in [1.82, 2.24) is 15.1 Å². The van der Waals surface area contributed by atoms with Crippen molar-refractivity contribution in [1.29, 1.82) is 0 Å². The highest BCUT2D eigenvalue weighted by atomic mass is 35.5. The van der Waals surface area contributed by atoms with Crippen LogP contribution in [0.4, 0.5) is 0 Å². The molecule has 8 heteroatoms. The molecule has 0 spiro atoms. The zero-order chi connectivity index (χ0) is 16.7. The Morgan fingerprint density at radius 2 is 1.72 bits per heavy atom. The number of hydrogen-bond donors (Lipinski definition) is 2. The molecule has 0 aromatic heterocycles. The van der Waals surface area contributed by atoms with Gasteiger partial charge in [0.2, 0.25) is 11.8 Å². The van der Waals surface area contributed by atoms with Crippen molar-refractivity contribution in [2.75, 3.05) is 39.8 Å². The Bertz CT molecular complexity index is 523. The smallest absolute Gasteiger partial charge is 0.224 e. The topological polar surface area (TPSA) is 78.7 Å². The first-order valence-corrected chi connectivity index (χ1v) is 8.10. The third-order valence-corrected chi connectivity index (χ3v) is 4.15. The third-order valence-electron chi connectivity index (χ3n) is 4.15. The number of carbonyl (C=O) groups excluding carboxylic acids is 2. The van der Waals surface area contributed by atoms with Gasteiger partial charge in [-0.2, -0.15) is 0 Å². The number of halogens is 2. The number of piperazine rings is 1. The van der Waals surface area contributed by atoms with E-state index in [0.29, 0.717) is 13.0 Å². The van der Waals surface area contributed by atoms with Crippen LogP contribution in [0.1, 0.15) is 24.4 Å². The van der Waals surface area contributed by atoms with Crippen LogP contribution in [0.2, 0.25) is 0 Å². The van der Waals surface area contributed by atoms with Gasteiger partial charge in [0.25, 0.3) is 0 Å². The molecule has 1 saturated heterocycles. The lowest BCUT2D eigenvalue weighted by atomic mass is 10.0. The monoisotopic (exact) mass is 390 g/mol. The number of hydrogen-bond acceptors (Lipinski definition) is 4. The van der Waals surface area contributed by atoms with Gasteiger partial charge in [0.05, 0.1) is 0 Å². The highest BCUT2D eigenvalue weighted by molar-refractivity contribution is 5.85. The second kappa shape index (κ2) is 12.1. The maximum absolute atomic E-state index is 12.1. The first kappa shape index (κ1) is 23.7. The number of likely N-dealkylation sites (N-methyl/N-ethyl adjacent to an activating group) is 1. The minimum atomic E-state index is -0.315. The van der Waals surface area contributed by atoms with E-state index in [4.69, 9.17) is 5.73 Å². The maximum Gasteiger partial charge on any atom is 0.224 e. The Morgan fingerprint density at radius 3 is 2.32 bits per heavy atom. The largest absolute Gasteiger partial charge is 0.356 e. The van der Waals surface area contributed by atoms with Gasteiger partial charge in [-0.1, -0.05) is 30.3 Å². The van der Waals surface area contributed by atoms with Gasteiger partial charge in [0.15, 0.2) is 0 Å². The number of rotatable bonds is 6. The van der Waals surface area contributed by atoms with Crippen LogP contribution in [0.15, 0.2) is 30.3 Å². The Balaban J connectivity index is 0.00000288. The van der Waals surface area contributed by atoms with Crippen molar-refractivity contribution in [2.24, 2.45) is 5.73 Å². The first-order chi connectivity index (χ1) is 11.1. The second-order valence-electron chi connectivity index (χ2n) is 6.01. The molecule has 1 unspecified atom stereocenters. The molecule has 0 bridgehead atoms. The number of benzene rings is 1. The van der Waals surface area contributed by atoms with Crippen LogP contribution in [0, 0.1) is 0 Å². The average Bonchev–Trinajstić information content (AvgIpc) is 2.56. The molecule has 1 aliphatic rings. The summed E-state index contributed by atoms with van der Waals surface area (Å²) in [5.74, 6) is -0.0155. The van der Waals surface area contributed by atoms with Crippen molar-refractivity contribution < 1.29 is 9.59 Å². The fraction of sp³-hybridized carbons (Fsp3) is 0.529. The van der Waals surface area contributed by atoms with Gasteiger partial charge in [0.1, 0.15) is 0 Å². The van der Waals surface area contributed by atoms with Crippen molar-refractivity contribution in [3.05, 3.63) is 35.9 Å². The van der Waals surface area contributed by atoms with E-state index in [1.165, 1.54) is 0 Å².